The minimum atomic E-state index is -0.989. The molecule has 0 fully saturated rings. The summed E-state index contributed by atoms with van der Waals surface area (Å²) in [6, 6.07) is 4.41. The molecule has 1 heterocycles. The standard InChI is InChI=1S/C20H20BrClFN3O4/c1-10(25-19(29)30-20(2,3)4)18(28)26-13-8-7-11(21)15(22)14(13)17(27)16-12(23)6-5-9-24-16/h5-10H,1-4H3,(H,25,29)(H,26,28)/t10-/m0/s1. The van der Waals surface area contributed by atoms with E-state index < -0.39 is 40.9 Å². The molecule has 0 aliphatic carbocycles. The number of aromatic nitrogens is 1. The van der Waals surface area contributed by atoms with Crippen LogP contribution in [0.15, 0.2) is 34.9 Å². The van der Waals surface area contributed by atoms with E-state index in [1.165, 1.54) is 31.3 Å². The molecule has 0 aliphatic rings. The van der Waals surface area contributed by atoms with E-state index in [9.17, 15) is 18.8 Å². The average molecular weight is 501 g/mol. The molecule has 7 nitrogen and oxygen atoms in total. The highest BCUT2D eigenvalue weighted by atomic mass is 79.9. The van der Waals surface area contributed by atoms with Gasteiger partial charge in [0.1, 0.15) is 17.3 Å². The largest absolute Gasteiger partial charge is 0.444 e. The Balaban J connectivity index is 2.29. The van der Waals surface area contributed by atoms with Gasteiger partial charge >= 0.3 is 6.09 Å². The van der Waals surface area contributed by atoms with Gasteiger partial charge in [0.25, 0.3) is 0 Å². The molecule has 0 spiro atoms. The van der Waals surface area contributed by atoms with Crippen LogP contribution in [0.5, 0.6) is 0 Å². The van der Waals surface area contributed by atoms with Gasteiger partial charge in [0.2, 0.25) is 11.7 Å². The Morgan fingerprint density at radius 3 is 2.50 bits per heavy atom. The summed E-state index contributed by atoms with van der Waals surface area (Å²) in [6.07, 6.45) is 0.499. The third kappa shape index (κ3) is 5.99. The zero-order chi connectivity index (χ0) is 22.6. The van der Waals surface area contributed by atoms with Crippen LogP contribution in [0.25, 0.3) is 0 Å². The zero-order valence-corrected chi connectivity index (χ0v) is 19.0. The molecular formula is C20H20BrClFN3O4. The molecule has 0 aliphatic heterocycles. The minimum absolute atomic E-state index is 0.0180. The number of anilines is 1. The summed E-state index contributed by atoms with van der Waals surface area (Å²) in [5, 5.41) is 4.91. The maximum Gasteiger partial charge on any atom is 0.408 e. The van der Waals surface area contributed by atoms with Crippen molar-refractivity contribution >= 4 is 51.0 Å². The summed E-state index contributed by atoms with van der Waals surface area (Å²) in [5.41, 5.74) is -1.26. The molecule has 30 heavy (non-hydrogen) atoms. The molecule has 2 aromatic rings. The van der Waals surface area contributed by atoms with E-state index in [4.69, 9.17) is 16.3 Å². The van der Waals surface area contributed by atoms with Gasteiger partial charge in [-0.05, 0) is 67.9 Å². The Kier molecular flexibility index (Phi) is 7.54. The summed E-state index contributed by atoms with van der Waals surface area (Å²) in [4.78, 5) is 41.1. The highest BCUT2D eigenvalue weighted by Crippen LogP contribution is 2.33. The third-order valence-electron chi connectivity index (χ3n) is 3.68. The van der Waals surface area contributed by atoms with Crippen LogP contribution in [0.3, 0.4) is 0 Å². The molecule has 2 rings (SSSR count). The lowest BCUT2D eigenvalue weighted by atomic mass is 10.0. The van der Waals surface area contributed by atoms with E-state index in [1.807, 2.05) is 0 Å². The second-order valence-electron chi connectivity index (χ2n) is 7.30. The van der Waals surface area contributed by atoms with Crippen LogP contribution in [0.1, 0.15) is 43.7 Å². The predicted octanol–water partition coefficient (Wildman–Crippen LogP) is 4.72. The van der Waals surface area contributed by atoms with Crippen LogP contribution in [-0.4, -0.2) is 34.4 Å². The highest BCUT2D eigenvalue weighted by Gasteiger charge is 2.26. The number of alkyl carbamates (subject to hydrolysis) is 1. The molecular weight excluding hydrogens is 481 g/mol. The van der Waals surface area contributed by atoms with Crippen molar-refractivity contribution < 1.29 is 23.5 Å². The molecule has 1 atom stereocenters. The monoisotopic (exact) mass is 499 g/mol. The number of carbonyl (C=O) groups is 3. The number of rotatable bonds is 5. The van der Waals surface area contributed by atoms with Crippen LogP contribution in [0.2, 0.25) is 5.02 Å². The number of pyridine rings is 1. The number of nitrogens with zero attached hydrogens (tertiary/aromatic N) is 1. The van der Waals surface area contributed by atoms with Crippen molar-refractivity contribution in [2.24, 2.45) is 0 Å². The quantitative estimate of drug-likeness (QED) is 0.579. The van der Waals surface area contributed by atoms with Crippen LogP contribution >= 0.6 is 27.5 Å². The zero-order valence-electron chi connectivity index (χ0n) is 16.7. The van der Waals surface area contributed by atoms with Gasteiger partial charge in [0, 0.05) is 10.7 Å². The first-order valence-electron chi connectivity index (χ1n) is 8.84. The van der Waals surface area contributed by atoms with Gasteiger partial charge in [-0.25, -0.2) is 14.2 Å². The van der Waals surface area contributed by atoms with Crippen molar-refractivity contribution in [1.29, 1.82) is 0 Å². The molecule has 0 bridgehead atoms. The van der Waals surface area contributed by atoms with Crippen molar-refractivity contribution in [3.05, 3.63) is 57.0 Å². The second-order valence-corrected chi connectivity index (χ2v) is 8.54. The maximum absolute atomic E-state index is 14.1. The van der Waals surface area contributed by atoms with Gasteiger partial charge in [-0.3, -0.25) is 9.59 Å². The first-order valence-corrected chi connectivity index (χ1v) is 10.0. The number of amides is 2. The summed E-state index contributed by atoms with van der Waals surface area (Å²) in [6.45, 7) is 6.51. The predicted molar refractivity (Wildman–Crippen MR) is 114 cm³/mol. The first kappa shape index (κ1) is 23.8. The van der Waals surface area contributed by atoms with Gasteiger partial charge in [-0.2, -0.15) is 0 Å². The first-order chi connectivity index (χ1) is 13.9. The Hall–Kier alpha value is -2.52. The number of ether oxygens (including phenoxy) is 1. The molecule has 1 aromatic carbocycles. The molecule has 160 valence electrons. The van der Waals surface area contributed by atoms with Crippen molar-refractivity contribution in [2.75, 3.05) is 5.32 Å². The van der Waals surface area contributed by atoms with Gasteiger partial charge in [-0.1, -0.05) is 11.6 Å². The second kappa shape index (κ2) is 9.53. The number of carbonyl (C=O) groups excluding carboxylic acids is 3. The van der Waals surface area contributed by atoms with Crippen LogP contribution in [-0.2, 0) is 9.53 Å². The normalized spacial score (nSPS) is 12.1. The number of halogens is 3. The van der Waals surface area contributed by atoms with E-state index in [-0.39, 0.29) is 16.3 Å². The lowest BCUT2D eigenvalue weighted by Crippen LogP contribution is -2.44. The number of ketones is 1. The Morgan fingerprint density at radius 2 is 1.90 bits per heavy atom. The molecule has 10 heteroatoms. The van der Waals surface area contributed by atoms with Gasteiger partial charge in [0.05, 0.1) is 16.3 Å². The minimum Gasteiger partial charge on any atom is -0.444 e. The summed E-state index contributed by atoms with van der Waals surface area (Å²) < 4.78 is 19.6. The fourth-order valence-corrected chi connectivity index (χ4v) is 2.92. The van der Waals surface area contributed by atoms with Gasteiger partial charge < -0.3 is 15.4 Å². The van der Waals surface area contributed by atoms with Crippen molar-refractivity contribution in [3.8, 4) is 0 Å². The molecule has 1 aromatic heterocycles. The van der Waals surface area contributed by atoms with E-state index >= 15 is 0 Å². The molecule has 0 saturated heterocycles. The SMILES string of the molecule is C[C@H](NC(=O)OC(C)(C)C)C(=O)Nc1ccc(Br)c(Cl)c1C(=O)c1ncccc1F. The molecule has 0 saturated carbocycles. The van der Waals surface area contributed by atoms with E-state index in [1.54, 1.807) is 20.8 Å². The smallest absolute Gasteiger partial charge is 0.408 e. The Bertz CT molecular complexity index is 995. The topological polar surface area (TPSA) is 97.4 Å². The van der Waals surface area contributed by atoms with Crippen molar-refractivity contribution in [3.63, 3.8) is 0 Å². The number of hydrogen-bond donors (Lipinski definition) is 2. The Labute approximate surface area is 186 Å². The number of nitrogens with one attached hydrogen (secondary N) is 2. The molecule has 0 unspecified atom stereocenters. The highest BCUT2D eigenvalue weighted by molar-refractivity contribution is 9.10. The lowest BCUT2D eigenvalue weighted by Gasteiger charge is -2.22. The van der Waals surface area contributed by atoms with Gasteiger partial charge in [0.15, 0.2) is 5.82 Å². The summed E-state index contributed by atoms with van der Waals surface area (Å²) in [7, 11) is 0. The van der Waals surface area contributed by atoms with Crippen LogP contribution in [0.4, 0.5) is 14.9 Å². The van der Waals surface area contributed by atoms with E-state index in [0.29, 0.717) is 4.47 Å². The van der Waals surface area contributed by atoms with Crippen LogP contribution in [0, 0.1) is 5.82 Å². The summed E-state index contributed by atoms with van der Waals surface area (Å²) >= 11 is 9.47. The third-order valence-corrected chi connectivity index (χ3v) is 4.96. The fraction of sp³-hybridized carbons (Fsp3) is 0.300. The fourth-order valence-electron chi connectivity index (χ4n) is 2.34. The van der Waals surface area contributed by atoms with Crippen molar-refractivity contribution in [1.82, 2.24) is 10.3 Å². The van der Waals surface area contributed by atoms with Crippen LogP contribution < -0.4 is 10.6 Å². The van der Waals surface area contributed by atoms with Crippen molar-refractivity contribution in [2.45, 2.75) is 39.3 Å². The summed E-state index contributed by atoms with van der Waals surface area (Å²) in [5.74, 6) is -2.26. The number of benzene rings is 1. The average Bonchev–Trinajstić information content (AvgIpc) is 2.63. The maximum atomic E-state index is 14.1. The Morgan fingerprint density at radius 1 is 1.23 bits per heavy atom. The van der Waals surface area contributed by atoms with E-state index in [2.05, 4.69) is 31.5 Å². The molecule has 2 amide bonds. The molecule has 2 N–H and O–H groups in total. The number of hydrogen-bond acceptors (Lipinski definition) is 5. The lowest BCUT2D eigenvalue weighted by molar-refractivity contribution is -0.117. The van der Waals surface area contributed by atoms with E-state index in [0.717, 1.165) is 6.07 Å². The van der Waals surface area contributed by atoms with Gasteiger partial charge in [-0.15, -0.1) is 0 Å². The molecule has 0 radical (unpaired) electrons.